The van der Waals surface area contributed by atoms with Crippen molar-refractivity contribution in [3.05, 3.63) is 16.6 Å². The second-order valence-corrected chi connectivity index (χ2v) is 5.34. The average molecular weight is 269 g/mol. The number of nitrogens with one attached hydrogen (secondary N) is 2. The lowest BCUT2D eigenvalue weighted by Gasteiger charge is -2.25. The van der Waals surface area contributed by atoms with Crippen LogP contribution >= 0.6 is 11.3 Å². The van der Waals surface area contributed by atoms with Crippen molar-refractivity contribution in [1.82, 2.24) is 15.6 Å². The molecule has 0 bridgehead atoms. The quantitative estimate of drug-likeness (QED) is 0.769. The first-order valence-electron chi connectivity index (χ1n) is 5.79. The number of hydrogen-bond donors (Lipinski definition) is 3. The van der Waals surface area contributed by atoms with Crippen molar-refractivity contribution in [2.24, 2.45) is 0 Å². The van der Waals surface area contributed by atoms with Crippen molar-refractivity contribution in [3.63, 3.8) is 0 Å². The number of carbonyl (C=O) groups excluding carboxylic acids is 1. The Morgan fingerprint density at radius 2 is 2.17 bits per heavy atom. The fourth-order valence-corrected chi connectivity index (χ4v) is 2.66. The molecule has 18 heavy (non-hydrogen) atoms. The lowest BCUT2D eigenvalue weighted by molar-refractivity contribution is -0.144. The minimum atomic E-state index is -1.09. The molecule has 0 spiro atoms. The molecule has 7 heteroatoms. The number of thiazole rings is 1. The van der Waals surface area contributed by atoms with E-state index in [9.17, 15) is 14.7 Å². The van der Waals surface area contributed by atoms with Gasteiger partial charge in [0.2, 0.25) is 0 Å². The molecule has 6 nitrogen and oxygen atoms in total. The van der Waals surface area contributed by atoms with Gasteiger partial charge in [0.15, 0.2) is 0 Å². The van der Waals surface area contributed by atoms with Gasteiger partial charge in [-0.2, -0.15) is 0 Å². The standard InChI is InChI=1S/C11H15N3O3S/c15-9(16)11(3-1-2-4-11)14-10(17)13-6-8-5-12-7-18-8/h5,7H,1-4,6H2,(H,15,16)(H2,13,14,17). The molecule has 0 aliphatic heterocycles. The number of rotatable bonds is 4. The third-order valence-corrected chi connectivity index (χ3v) is 3.91. The highest BCUT2D eigenvalue weighted by Crippen LogP contribution is 2.29. The summed E-state index contributed by atoms with van der Waals surface area (Å²) < 4.78 is 0. The van der Waals surface area contributed by atoms with E-state index < -0.39 is 17.5 Å². The Labute approximate surface area is 108 Å². The summed E-state index contributed by atoms with van der Waals surface area (Å²) in [5.74, 6) is -0.951. The molecule has 0 radical (unpaired) electrons. The summed E-state index contributed by atoms with van der Waals surface area (Å²) in [5.41, 5.74) is 0.600. The molecule has 3 N–H and O–H groups in total. The summed E-state index contributed by atoms with van der Waals surface area (Å²) >= 11 is 1.44. The highest BCUT2D eigenvalue weighted by Gasteiger charge is 2.42. The SMILES string of the molecule is O=C(NCc1cncs1)NC1(C(=O)O)CCCC1. The van der Waals surface area contributed by atoms with Gasteiger partial charge < -0.3 is 15.7 Å². The second-order valence-electron chi connectivity index (χ2n) is 4.37. The van der Waals surface area contributed by atoms with Gasteiger partial charge in [-0.15, -0.1) is 11.3 Å². The Morgan fingerprint density at radius 1 is 1.44 bits per heavy atom. The van der Waals surface area contributed by atoms with E-state index >= 15 is 0 Å². The van der Waals surface area contributed by atoms with Crippen LogP contribution in [0.5, 0.6) is 0 Å². The molecule has 1 aliphatic carbocycles. The smallest absolute Gasteiger partial charge is 0.329 e. The molecule has 0 aromatic carbocycles. The maximum absolute atomic E-state index is 11.7. The number of nitrogens with zero attached hydrogens (tertiary/aromatic N) is 1. The normalized spacial score (nSPS) is 17.3. The van der Waals surface area contributed by atoms with E-state index in [0.29, 0.717) is 19.4 Å². The Balaban J connectivity index is 1.88. The molecule has 1 aromatic rings. The molecule has 1 aromatic heterocycles. The molecule has 0 saturated heterocycles. The number of urea groups is 1. The van der Waals surface area contributed by atoms with Crippen LogP contribution in [0.3, 0.4) is 0 Å². The van der Waals surface area contributed by atoms with Crippen LogP contribution in [-0.4, -0.2) is 27.6 Å². The van der Waals surface area contributed by atoms with Crippen LogP contribution in [0.4, 0.5) is 4.79 Å². The molecule has 1 heterocycles. The maximum atomic E-state index is 11.7. The van der Waals surface area contributed by atoms with E-state index in [1.54, 1.807) is 11.7 Å². The van der Waals surface area contributed by atoms with E-state index in [-0.39, 0.29) is 0 Å². The summed E-state index contributed by atoms with van der Waals surface area (Å²) in [6, 6.07) is -0.437. The second kappa shape index (κ2) is 5.34. The molecule has 2 amide bonds. The molecule has 1 fully saturated rings. The van der Waals surface area contributed by atoms with E-state index in [4.69, 9.17) is 0 Å². The zero-order valence-electron chi connectivity index (χ0n) is 9.81. The third kappa shape index (κ3) is 2.79. The third-order valence-electron chi connectivity index (χ3n) is 3.13. The predicted molar refractivity (Wildman–Crippen MR) is 66.3 cm³/mol. The van der Waals surface area contributed by atoms with Crippen molar-refractivity contribution >= 4 is 23.3 Å². The summed E-state index contributed by atoms with van der Waals surface area (Å²) in [5, 5.41) is 14.5. The van der Waals surface area contributed by atoms with Crippen LogP contribution in [0.1, 0.15) is 30.6 Å². The number of carboxylic acids is 1. The van der Waals surface area contributed by atoms with Crippen LogP contribution in [0, 0.1) is 0 Å². The zero-order valence-corrected chi connectivity index (χ0v) is 10.6. The van der Waals surface area contributed by atoms with Gasteiger partial charge in [-0.1, -0.05) is 12.8 Å². The Morgan fingerprint density at radius 3 is 2.72 bits per heavy atom. The van der Waals surface area contributed by atoms with Crippen molar-refractivity contribution in [3.8, 4) is 0 Å². The van der Waals surface area contributed by atoms with Gasteiger partial charge in [-0.3, -0.25) is 4.98 Å². The fraction of sp³-hybridized carbons (Fsp3) is 0.545. The van der Waals surface area contributed by atoms with Crippen LogP contribution in [0.2, 0.25) is 0 Å². The number of hydrogen-bond acceptors (Lipinski definition) is 4. The number of carbonyl (C=O) groups is 2. The first kappa shape index (κ1) is 12.8. The Hall–Kier alpha value is -1.63. The summed E-state index contributed by atoms with van der Waals surface area (Å²) in [6.45, 7) is 0.367. The van der Waals surface area contributed by atoms with Crippen molar-refractivity contribution in [2.75, 3.05) is 0 Å². The van der Waals surface area contributed by atoms with Gasteiger partial charge in [0.1, 0.15) is 5.54 Å². The first-order valence-corrected chi connectivity index (χ1v) is 6.67. The topological polar surface area (TPSA) is 91.3 Å². The summed E-state index contributed by atoms with van der Waals surface area (Å²) in [7, 11) is 0. The number of carboxylic acid groups (broad SMARTS) is 1. The molecule has 0 unspecified atom stereocenters. The van der Waals surface area contributed by atoms with Gasteiger partial charge in [0.25, 0.3) is 0 Å². The van der Waals surface area contributed by atoms with Crippen LogP contribution in [-0.2, 0) is 11.3 Å². The summed E-state index contributed by atoms with van der Waals surface area (Å²) in [4.78, 5) is 27.8. The van der Waals surface area contributed by atoms with Crippen molar-refractivity contribution < 1.29 is 14.7 Å². The highest BCUT2D eigenvalue weighted by atomic mass is 32.1. The minimum absolute atomic E-state index is 0.367. The molecule has 1 saturated carbocycles. The van der Waals surface area contributed by atoms with Gasteiger partial charge in [0, 0.05) is 11.1 Å². The van der Waals surface area contributed by atoms with E-state index in [2.05, 4.69) is 15.6 Å². The summed E-state index contributed by atoms with van der Waals surface area (Å²) in [6.07, 6.45) is 4.34. The lowest BCUT2D eigenvalue weighted by atomic mass is 9.98. The van der Waals surface area contributed by atoms with E-state index in [1.165, 1.54) is 11.3 Å². The Bertz CT molecular complexity index is 427. The average Bonchev–Trinajstić information content (AvgIpc) is 2.97. The van der Waals surface area contributed by atoms with Crippen molar-refractivity contribution in [2.45, 2.75) is 37.8 Å². The van der Waals surface area contributed by atoms with Crippen LogP contribution in [0.25, 0.3) is 0 Å². The number of aromatic nitrogens is 1. The fourth-order valence-electron chi connectivity index (χ4n) is 2.13. The van der Waals surface area contributed by atoms with Gasteiger partial charge in [-0.25, -0.2) is 9.59 Å². The first-order chi connectivity index (χ1) is 8.62. The van der Waals surface area contributed by atoms with E-state index in [0.717, 1.165) is 17.7 Å². The Kier molecular flexibility index (Phi) is 3.81. The van der Waals surface area contributed by atoms with Gasteiger partial charge >= 0.3 is 12.0 Å². The maximum Gasteiger partial charge on any atom is 0.329 e. The monoisotopic (exact) mass is 269 g/mol. The molecular formula is C11H15N3O3S. The minimum Gasteiger partial charge on any atom is -0.480 e. The molecule has 2 rings (SSSR count). The zero-order chi connectivity index (χ0) is 13.0. The number of amides is 2. The molecule has 0 atom stereocenters. The van der Waals surface area contributed by atoms with Crippen LogP contribution < -0.4 is 10.6 Å². The van der Waals surface area contributed by atoms with Gasteiger partial charge in [-0.05, 0) is 12.8 Å². The number of aliphatic carboxylic acids is 1. The highest BCUT2D eigenvalue weighted by molar-refractivity contribution is 7.09. The predicted octanol–water partition coefficient (Wildman–Crippen LogP) is 1.34. The lowest BCUT2D eigenvalue weighted by Crippen LogP contribution is -2.55. The molecule has 98 valence electrons. The van der Waals surface area contributed by atoms with Crippen LogP contribution in [0.15, 0.2) is 11.7 Å². The largest absolute Gasteiger partial charge is 0.480 e. The van der Waals surface area contributed by atoms with E-state index in [1.807, 2.05) is 0 Å². The van der Waals surface area contributed by atoms with Crippen molar-refractivity contribution in [1.29, 1.82) is 0 Å². The molecule has 1 aliphatic rings. The molecular weight excluding hydrogens is 254 g/mol. The van der Waals surface area contributed by atoms with Gasteiger partial charge in [0.05, 0.1) is 12.1 Å².